The molecule has 0 aliphatic carbocycles. The molecule has 10 heteroatoms. The van der Waals surface area contributed by atoms with Crippen molar-refractivity contribution >= 4 is 23.4 Å². The molecule has 4 aromatic rings. The van der Waals surface area contributed by atoms with Gasteiger partial charge in [-0.1, -0.05) is 42.5 Å². The van der Waals surface area contributed by atoms with Gasteiger partial charge in [-0.2, -0.15) is 0 Å². The van der Waals surface area contributed by atoms with Crippen LogP contribution in [0.2, 0.25) is 0 Å². The van der Waals surface area contributed by atoms with Gasteiger partial charge in [0.25, 0.3) is 17.7 Å². The summed E-state index contributed by atoms with van der Waals surface area (Å²) in [7, 11) is 3.12. The van der Waals surface area contributed by atoms with E-state index in [9.17, 15) is 14.4 Å². The number of imide groups is 1. The summed E-state index contributed by atoms with van der Waals surface area (Å²) in [5.41, 5.74) is 4.13. The Hall–Kier alpha value is -5.22. The molecule has 1 fully saturated rings. The Kier molecular flexibility index (Phi) is 10.0. The molecule has 0 spiro atoms. The fourth-order valence-electron chi connectivity index (χ4n) is 6.73. The predicted molar refractivity (Wildman–Crippen MR) is 184 cm³/mol. The standard InChI is InChI=1S/C38H41N5O5/c1-26(27-10-5-4-6-11-27)41-20-22-42(23-21-41)32-14-7-13-30-35(32)38(46)43(37(30)45)31(28-16-17-33(47-2)34(24-28)48-3)15-9-19-40-36(44)29-12-8-18-39-25-29/h4-8,10-14,16-18,24-26,31H,9,15,19-23H2,1-3H3,(H,40,44)/t26-,31?/m1/s1. The van der Waals surface area contributed by atoms with E-state index in [-0.39, 0.29) is 23.8 Å². The monoisotopic (exact) mass is 647 g/mol. The zero-order valence-corrected chi connectivity index (χ0v) is 27.6. The van der Waals surface area contributed by atoms with Crippen LogP contribution in [0.25, 0.3) is 0 Å². The average Bonchev–Trinajstić information content (AvgIpc) is 3.40. The lowest BCUT2D eigenvalue weighted by molar-refractivity contribution is 0.0570. The number of pyridine rings is 1. The molecule has 3 amide bonds. The van der Waals surface area contributed by atoms with Gasteiger partial charge in [0.15, 0.2) is 11.5 Å². The van der Waals surface area contributed by atoms with Gasteiger partial charge in [0.2, 0.25) is 0 Å². The van der Waals surface area contributed by atoms with Gasteiger partial charge in [-0.25, -0.2) is 0 Å². The number of carbonyl (C=O) groups excluding carboxylic acids is 3. The van der Waals surface area contributed by atoms with E-state index in [1.54, 1.807) is 44.7 Å². The van der Waals surface area contributed by atoms with E-state index in [1.165, 1.54) is 16.7 Å². The zero-order chi connectivity index (χ0) is 33.6. The first-order valence-electron chi connectivity index (χ1n) is 16.4. The summed E-state index contributed by atoms with van der Waals surface area (Å²) >= 11 is 0. The average molecular weight is 648 g/mol. The molecule has 6 rings (SSSR count). The van der Waals surface area contributed by atoms with Gasteiger partial charge in [-0.15, -0.1) is 0 Å². The molecule has 0 radical (unpaired) electrons. The van der Waals surface area contributed by atoms with E-state index in [1.807, 2.05) is 30.3 Å². The third-order valence-corrected chi connectivity index (χ3v) is 9.38. The molecule has 2 aliphatic heterocycles. The van der Waals surface area contributed by atoms with Gasteiger partial charge >= 0.3 is 0 Å². The molecule has 3 aromatic carbocycles. The highest BCUT2D eigenvalue weighted by Gasteiger charge is 2.43. The first-order valence-corrected chi connectivity index (χ1v) is 16.4. The molecule has 48 heavy (non-hydrogen) atoms. The van der Waals surface area contributed by atoms with Crippen LogP contribution < -0.4 is 19.7 Å². The van der Waals surface area contributed by atoms with Gasteiger partial charge in [0.05, 0.1) is 42.6 Å². The van der Waals surface area contributed by atoms with E-state index in [0.717, 1.165) is 37.4 Å². The van der Waals surface area contributed by atoms with E-state index in [2.05, 4.69) is 51.3 Å². The maximum Gasteiger partial charge on any atom is 0.264 e. The minimum absolute atomic E-state index is 0.227. The van der Waals surface area contributed by atoms with Crippen LogP contribution in [0.5, 0.6) is 11.5 Å². The molecule has 1 unspecified atom stereocenters. The van der Waals surface area contributed by atoms with Gasteiger partial charge < -0.3 is 19.7 Å². The van der Waals surface area contributed by atoms with Gasteiger partial charge in [0.1, 0.15) is 0 Å². The molecule has 2 aliphatic rings. The first kappa shape index (κ1) is 32.7. The van der Waals surface area contributed by atoms with Crippen LogP contribution in [0.4, 0.5) is 5.69 Å². The number of piperazine rings is 1. The number of nitrogens with zero attached hydrogens (tertiary/aromatic N) is 4. The molecule has 1 N–H and O–H groups in total. The normalized spacial score (nSPS) is 16.0. The zero-order valence-electron chi connectivity index (χ0n) is 27.6. The summed E-state index contributed by atoms with van der Waals surface area (Å²) in [5.74, 6) is 0.186. The van der Waals surface area contributed by atoms with Gasteiger partial charge in [-0.05, 0) is 67.3 Å². The summed E-state index contributed by atoms with van der Waals surface area (Å²) in [6, 6.07) is 24.6. The quantitative estimate of drug-likeness (QED) is 0.158. The molecule has 0 saturated carbocycles. The number of fused-ring (bicyclic) bond motifs is 1. The van der Waals surface area contributed by atoms with Crippen LogP contribution >= 0.6 is 0 Å². The summed E-state index contributed by atoms with van der Waals surface area (Å²) in [4.78, 5) is 51.2. The Morgan fingerprint density at radius 2 is 1.62 bits per heavy atom. The second-order valence-electron chi connectivity index (χ2n) is 12.1. The molecule has 248 valence electrons. The third kappa shape index (κ3) is 6.61. The van der Waals surface area contributed by atoms with Crippen LogP contribution in [0.15, 0.2) is 91.3 Å². The molecule has 3 heterocycles. The highest BCUT2D eigenvalue weighted by Crippen LogP contribution is 2.40. The topological polar surface area (TPSA) is 104 Å². The van der Waals surface area contributed by atoms with E-state index >= 15 is 0 Å². The number of methoxy groups -OCH3 is 2. The molecular formula is C38H41N5O5. The van der Waals surface area contributed by atoms with Crippen LogP contribution in [-0.4, -0.2) is 79.4 Å². The van der Waals surface area contributed by atoms with Crippen molar-refractivity contribution in [3.8, 4) is 11.5 Å². The Balaban J connectivity index is 1.22. The number of ether oxygens (including phenoxy) is 2. The Labute approximate surface area is 281 Å². The van der Waals surface area contributed by atoms with Crippen molar-refractivity contribution in [2.45, 2.75) is 31.8 Å². The number of benzene rings is 3. The molecule has 2 atom stereocenters. The number of aromatic nitrogens is 1. The molecule has 10 nitrogen and oxygen atoms in total. The van der Waals surface area contributed by atoms with Crippen molar-refractivity contribution < 1.29 is 23.9 Å². The van der Waals surface area contributed by atoms with E-state index in [4.69, 9.17) is 9.47 Å². The maximum atomic E-state index is 14.4. The summed E-state index contributed by atoms with van der Waals surface area (Å²) < 4.78 is 11.0. The van der Waals surface area contributed by atoms with Crippen LogP contribution in [0.1, 0.15) is 74.0 Å². The lowest BCUT2D eigenvalue weighted by atomic mass is 9.99. The Morgan fingerprint density at radius 3 is 2.33 bits per heavy atom. The first-order chi connectivity index (χ1) is 23.4. The largest absolute Gasteiger partial charge is 0.493 e. The van der Waals surface area contributed by atoms with Crippen molar-refractivity contribution in [1.82, 2.24) is 20.1 Å². The van der Waals surface area contributed by atoms with Gasteiger partial charge in [0, 0.05) is 51.2 Å². The smallest absolute Gasteiger partial charge is 0.264 e. The highest BCUT2D eigenvalue weighted by molar-refractivity contribution is 6.24. The Bertz CT molecular complexity index is 1760. The number of anilines is 1. The van der Waals surface area contributed by atoms with Crippen molar-refractivity contribution in [3.05, 3.63) is 119 Å². The van der Waals surface area contributed by atoms with Crippen LogP contribution in [0, 0.1) is 0 Å². The molecule has 1 saturated heterocycles. The summed E-state index contributed by atoms with van der Waals surface area (Å²) in [5, 5.41) is 2.93. The number of carbonyl (C=O) groups is 3. The van der Waals surface area contributed by atoms with Crippen molar-refractivity contribution in [2.24, 2.45) is 0 Å². The number of rotatable bonds is 12. The third-order valence-electron chi connectivity index (χ3n) is 9.38. The minimum Gasteiger partial charge on any atom is -0.493 e. The molecule has 0 bridgehead atoms. The SMILES string of the molecule is COc1ccc(C(CCCNC(=O)c2cccnc2)N2C(=O)c3cccc(N4CCN([C@H](C)c5ccccc5)CC4)c3C2=O)cc1OC. The lowest BCUT2D eigenvalue weighted by Gasteiger charge is -2.39. The summed E-state index contributed by atoms with van der Waals surface area (Å²) in [6.07, 6.45) is 4.08. The second-order valence-corrected chi connectivity index (χ2v) is 12.1. The number of hydrogen-bond acceptors (Lipinski definition) is 8. The number of amides is 3. The molecule has 1 aromatic heterocycles. The highest BCUT2D eigenvalue weighted by atomic mass is 16.5. The van der Waals surface area contributed by atoms with Crippen molar-refractivity contribution in [2.75, 3.05) is 51.8 Å². The number of hydrogen-bond donors (Lipinski definition) is 1. The van der Waals surface area contributed by atoms with Crippen molar-refractivity contribution in [1.29, 1.82) is 0 Å². The molecular weight excluding hydrogens is 606 g/mol. The van der Waals surface area contributed by atoms with Crippen LogP contribution in [-0.2, 0) is 0 Å². The predicted octanol–water partition coefficient (Wildman–Crippen LogP) is 5.53. The van der Waals surface area contributed by atoms with Crippen molar-refractivity contribution in [3.63, 3.8) is 0 Å². The second kappa shape index (κ2) is 14.7. The van der Waals surface area contributed by atoms with E-state index in [0.29, 0.717) is 47.6 Å². The van der Waals surface area contributed by atoms with E-state index < -0.39 is 6.04 Å². The Morgan fingerprint density at radius 1 is 0.854 bits per heavy atom. The maximum absolute atomic E-state index is 14.4. The fourth-order valence-corrected chi connectivity index (χ4v) is 6.73. The summed E-state index contributed by atoms with van der Waals surface area (Å²) in [6.45, 7) is 5.74. The van der Waals surface area contributed by atoms with Crippen LogP contribution in [0.3, 0.4) is 0 Å². The lowest BCUT2D eigenvalue weighted by Crippen LogP contribution is -2.47. The minimum atomic E-state index is -0.594. The fraction of sp³-hybridized carbons (Fsp3) is 0.316. The van der Waals surface area contributed by atoms with Gasteiger partial charge in [-0.3, -0.25) is 29.2 Å². The number of nitrogens with one attached hydrogen (secondary N) is 1.